The summed E-state index contributed by atoms with van der Waals surface area (Å²) in [5.74, 6) is -1.19. The fraction of sp³-hybridized carbons (Fsp3) is 0.533. The third-order valence-corrected chi connectivity index (χ3v) is 2.98. The van der Waals surface area contributed by atoms with Crippen molar-refractivity contribution < 1.29 is 14.3 Å². The molecule has 0 saturated heterocycles. The molecule has 106 valence electrons. The smallest absolute Gasteiger partial charge is 0.224 e. The highest BCUT2D eigenvalue weighted by atomic mass is 19.1. The zero-order valence-electron chi connectivity index (χ0n) is 11.4. The zero-order chi connectivity index (χ0) is 14.1. The SMILES string of the molecule is CCCCCCCNC(=O)Cc1ccc(O)c(F)c1. The van der Waals surface area contributed by atoms with Gasteiger partial charge in [0, 0.05) is 6.54 Å². The Hall–Kier alpha value is -1.58. The second-order valence-electron chi connectivity index (χ2n) is 4.73. The van der Waals surface area contributed by atoms with E-state index in [2.05, 4.69) is 12.2 Å². The molecule has 0 spiro atoms. The minimum Gasteiger partial charge on any atom is -0.505 e. The quantitative estimate of drug-likeness (QED) is 0.711. The van der Waals surface area contributed by atoms with E-state index in [-0.39, 0.29) is 18.1 Å². The molecule has 0 aromatic heterocycles. The fourth-order valence-corrected chi connectivity index (χ4v) is 1.86. The van der Waals surface area contributed by atoms with E-state index in [9.17, 15) is 9.18 Å². The van der Waals surface area contributed by atoms with E-state index >= 15 is 0 Å². The summed E-state index contributed by atoms with van der Waals surface area (Å²) in [6, 6.07) is 4.01. The molecule has 0 aliphatic carbocycles. The van der Waals surface area contributed by atoms with Crippen molar-refractivity contribution >= 4 is 5.91 Å². The average molecular weight is 267 g/mol. The van der Waals surface area contributed by atoms with Gasteiger partial charge in [0.15, 0.2) is 11.6 Å². The normalized spacial score (nSPS) is 10.4. The summed E-state index contributed by atoms with van der Waals surface area (Å²) in [4.78, 5) is 11.6. The van der Waals surface area contributed by atoms with Gasteiger partial charge in [0.2, 0.25) is 5.91 Å². The maximum Gasteiger partial charge on any atom is 0.224 e. The number of hydrogen-bond donors (Lipinski definition) is 2. The van der Waals surface area contributed by atoms with Gasteiger partial charge in [0.25, 0.3) is 0 Å². The largest absolute Gasteiger partial charge is 0.505 e. The van der Waals surface area contributed by atoms with E-state index in [1.54, 1.807) is 6.07 Å². The highest BCUT2D eigenvalue weighted by Gasteiger charge is 2.06. The summed E-state index contributed by atoms with van der Waals surface area (Å²) >= 11 is 0. The van der Waals surface area contributed by atoms with Crippen LogP contribution in [0.2, 0.25) is 0 Å². The Morgan fingerprint density at radius 2 is 2.00 bits per heavy atom. The zero-order valence-corrected chi connectivity index (χ0v) is 11.4. The number of benzene rings is 1. The Labute approximate surface area is 113 Å². The van der Waals surface area contributed by atoms with Crippen LogP contribution < -0.4 is 5.32 Å². The molecule has 0 unspecified atom stereocenters. The number of halogens is 1. The number of carbonyl (C=O) groups excluding carboxylic acids is 1. The molecule has 0 aliphatic rings. The monoisotopic (exact) mass is 267 g/mol. The number of phenolic OH excluding ortho intramolecular Hbond substituents is 1. The van der Waals surface area contributed by atoms with Crippen molar-refractivity contribution in [3.05, 3.63) is 29.6 Å². The number of rotatable bonds is 8. The van der Waals surface area contributed by atoms with Gasteiger partial charge in [-0.1, -0.05) is 38.7 Å². The fourth-order valence-electron chi connectivity index (χ4n) is 1.86. The second-order valence-corrected chi connectivity index (χ2v) is 4.73. The molecule has 1 amide bonds. The molecule has 3 nitrogen and oxygen atoms in total. The van der Waals surface area contributed by atoms with Crippen LogP contribution in [0.15, 0.2) is 18.2 Å². The molecule has 0 aliphatic heterocycles. The minimum atomic E-state index is -0.690. The van der Waals surface area contributed by atoms with Crippen LogP contribution in [0.3, 0.4) is 0 Å². The summed E-state index contributed by atoms with van der Waals surface area (Å²) in [6.45, 7) is 2.83. The number of amides is 1. The van der Waals surface area contributed by atoms with Gasteiger partial charge in [-0.3, -0.25) is 4.79 Å². The number of hydrogen-bond acceptors (Lipinski definition) is 2. The molecule has 0 bridgehead atoms. The molecule has 1 rings (SSSR count). The third-order valence-electron chi connectivity index (χ3n) is 2.98. The first-order chi connectivity index (χ1) is 9.13. The Morgan fingerprint density at radius 1 is 1.26 bits per heavy atom. The second kappa shape index (κ2) is 8.51. The maximum absolute atomic E-state index is 13.1. The van der Waals surface area contributed by atoms with Gasteiger partial charge in [0.05, 0.1) is 6.42 Å². The summed E-state index contributed by atoms with van der Waals surface area (Å²) in [5, 5.41) is 11.9. The van der Waals surface area contributed by atoms with Crippen molar-refractivity contribution in [1.82, 2.24) is 5.32 Å². The average Bonchev–Trinajstić information content (AvgIpc) is 2.38. The lowest BCUT2D eigenvalue weighted by Gasteiger charge is -2.06. The van der Waals surface area contributed by atoms with Crippen molar-refractivity contribution in [2.45, 2.75) is 45.4 Å². The predicted octanol–water partition coefficient (Wildman–Crippen LogP) is 3.16. The van der Waals surface area contributed by atoms with Gasteiger partial charge < -0.3 is 10.4 Å². The van der Waals surface area contributed by atoms with Crippen LogP contribution in [0.5, 0.6) is 5.75 Å². The van der Waals surface area contributed by atoms with Crippen molar-refractivity contribution in [1.29, 1.82) is 0 Å². The van der Waals surface area contributed by atoms with Crippen LogP contribution >= 0.6 is 0 Å². The number of aromatic hydroxyl groups is 1. The van der Waals surface area contributed by atoms with Gasteiger partial charge in [-0.05, 0) is 24.1 Å². The Bertz CT molecular complexity index is 407. The van der Waals surface area contributed by atoms with Gasteiger partial charge >= 0.3 is 0 Å². The topological polar surface area (TPSA) is 49.3 Å². The van der Waals surface area contributed by atoms with Gasteiger partial charge in [-0.25, -0.2) is 4.39 Å². The Balaban J connectivity index is 2.21. The van der Waals surface area contributed by atoms with Crippen molar-refractivity contribution in [3.63, 3.8) is 0 Å². The van der Waals surface area contributed by atoms with E-state index in [0.29, 0.717) is 12.1 Å². The van der Waals surface area contributed by atoms with Gasteiger partial charge in [0.1, 0.15) is 0 Å². The standard InChI is InChI=1S/C15H22FNO2/c1-2-3-4-5-6-9-17-15(19)11-12-7-8-14(18)13(16)10-12/h7-8,10,18H,2-6,9,11H2,1H3,(H,17,19). The van der Waals surface area contributed by atoms with Crippen LogP contribution in [0.4, 0.5) is 4.39 Å². The highest BCUT2D eigenvalue weighted by molar-refractivity contribution is 5.78. The lowest BCUT2D eigenvalue weighted by Crippen LogP contribution is -2.26. The molecule has 0 atom stereocenters. The lowest BCUT2D eigenvalue weighted by molar-refractivity contribution is -0.120. The summed E-state index contributed by atoms with van der Waals surface area (Å²) < 4.78 is 13.1. The van der Waals surface area contributed by atoms with Crippen LogP contribution in [0.1, 0.15) is 44.6 Å². The number of nitrogens with one attached hydrogen (secondary N) is 1. The Kier molecular flexibility index (Phi) is 6.93. The number of unbranched alkanes of at least 4 members (excludes halogenated alkanes) is 4. The van der Waals surface area contributed by atoms with E-state index in [1.165, 1.54) is 31.4 Å². The van der Waals surface area contributed by atoms with Crippen molar-refractivity contribution in [2.75, 3.05) is 6.54 Å². The lowest BCUT2D eigenvalue weighted by atomic mass is 10.1. The van der Waals surface area contributed by atoms with E-state index in [0.717, 1.165) is 12.8 Å². The van der Waals surface area contributed by atoms with Crippen molar-refractivity contribution in [3.8, 4) is 5.75 Å². The van der Waals surface area contributed by atoms with Gasteiger partial charge in [-0.2, -0.15) is 0 Å². The molecular formula is C15H22FNO2. The minimum absolute atomic E-state index is 0.111. The molecule has 1 aromatic rings. The third kappa shape index (κ3) is 6.22. The molecule has 4 heteroatoms. The van der Waals surface area contributed by atoms with E-state index < -0.39 is 5.82 Å². The van der Waals surface area contributed by atoms with Crippen LogP contribution in [0.25, 0.3) is 0 Å². The highest BCUT2D eigenvalue weighted by Crippen LogP contribution is 2.16. The van der Waals surface area contributed by atoms with Crippen LogP contribution in [0, 0.1) is 5.82 Å². The molecule has 19 heavy (non-hydrogen) atoms. The molecule has 0 heterocycles. The molecular weight excluding hydrogens is 245 g/mol. The van der Waals surface area contributed by atoms with E-state index in [4.69, 9.17) is 5.11 Å². The summed E-state index contributed by atoms with van der Waals surface area (Å²) in [5.41, 5.74) is 0.568. The summed E-state index contributed by atoms with van der Waals surface area (Å²) in [6.07, 6.45) is 5.90. The van der Waals surface area contributed by atoms with E-state index in [1.807, 2.05) is 0 Å². The number of carbonyl (C=O) groups is 1. The molecule has 1 aromatic carbocycles. The molecule has 2 N–H and O–H groups in total. The first kappa shape index (κ1) is 15.5. The number of phenols is 1. The molecule has 0 fully saturated rings. The first-order valence-electron chi connectivity index (χ1n) is 6.87. The maximum atomic E-state index is 13.1. The van der Waals surface area contributed by atoms with Gasteiger partial charge in [-0.15, -0.1) is 0 Å². The Morgan fingerprint density at radius 3 is 2.68 bits per heavy atom. The first-order valence-corrected chi connectivity index (χ1v) is 6.87. The molecule has 0 radical (unpaired) electrons. The van der Waals surface area contributed by atoms with Crippen LogP contribution in [-0.4, -0.2) is 17.6 Å². The summed E-state index contributed by atoms with van der Waals surface area (Å²) in [7, 11) is 0. The predicted molar refractivity (Wildman–Crippen MR) is 73.5 cm³/mol. The van der Waals surface area contributed by atoms with Crippen molar-refractivity contribution in [2.24, 2.45) is 0 Å². The van der Waals surface area contributed by atoms with Crippen LogP contribution in [-0.2, 0) is 11.2 Å². The molecule has 0 saturated carbocycles.